The lowest BCUT2D eigenvalue weighted by molar-refractivity contribution is -0.149. The van der Waals surface area contributed by atoms with E-state index in [1.54, 1.807) is 19.1 Å². The molecule has 0 bridgehead atoms. The van der Waals surface area contributed by atoms with E-state index in [0.29, 0.717) is 83.7 Å². The summed E-state index contributed by atoms with van der Waals surface area (Å²) in [5, 5.41) is 11.9. The summed E-state index contributed by atoms with van der Waals surface area (Å²) in [6, 6.07) is 23.7. The second-order valence-electron chi connectivity index (χ2n) is 25.8. The Hall–Kier alpha value is -6.24. The van der Waals surface area contributed by atoms with Crippen LogP contribution in [0, 0.1) is 44.4 Å². The highest BCUT2D eigenvalue weighted by atomic mass is 16.6. The highest BCUT2D eigenvalue weighted by Gasteiger charge is 2.41. The molecule has 4 aromatic carbocycles. The van der Waals surface area contributed by atoms with Crippen LogP contribution in [0.15, 0.2) is 78.9 Å². The van der Waals surface area contributed by atoms with Crippen molar-refractivity contribution >= 4 is 23.8 Å². The Morgan fingerprint density at radius 1 is 0.648 bits per heavy atom. The van der Waals surface area contributed by atoms with Crippen molar-refractivity contribution in [1.82, 2.24) is 10.2 Å². The van der Waals surface area contributed by atoms with Gasteiger partial charge in [-0.05, 0) is 148 Å². The molecule has 0 saturated carbocycles. The normalized spacial score (nSPS) is 16.1. The summed E-state index contributed by atoms with van der Waals surface area (Å²) in [6.07, 6.45) is 14.2. The maximum atomic E-state index is 14.6. The van der Waals surface area contributed by atoms with Gasteiger partial charge in [0.1, 0.15) is 46.8 Å². The third-order valence-electron chi connectivity index (χ3n) is 18.1. The smallest absolute Gasteiger partial charge is 0.306 e. The van der Waals surface area contributed by atoms with Gasteiger partial charge in [-0.1, -0.05) is 127 Å². The number of carbonyl (C=O) groups is 4. The van der Waals surface area contributed by atoms with Gasteiger partial charge in [-0.3, -0.25) is 19.2 Å². The number of hydrogen-bond donors (Lipinski definition) is 2. The topological polar surface area (TPSA) is 196 Å². The molecule has 4 atom stereocenters. The van der Waals surface area contributed by atoms with E-state index >= 15 is 0 Å². The third kappa shape index (κ3) is 23.7. The van der Waals surface area contributed by atoms with Crippen LogP contribution in [0.25, 0.3) is 0 Å². The number of benzene rings is 4. The molecule has 0 radical (unpaired) electrons. The first-order chi connectivity index (χ1) is 43.9. The van der Waals surface area contributed by atoms with Crippen LogP contribution in [0.1, 0.15) is 170 Å². The molecule has 1 fully saturated rings. The molecule has 0 aliphatic carbocycles. The number of likely N-dealkylation sites (tertiary alicyclic amines) is 1. The van der Waals surface area contributed by atoms with Gasteiger partial charge in [0.2, 0.25) is 11.8 Å². The minimum Gasteiger partial charge on any atom is -0.497 e. The number of ether oxygens (including phenoxy) is 10. The molecule has 1 saturated heterocycles. The standard InChI is InChI=1S/C74H108N2O15/c1-53(2)17-14-18-54(3)19-15-20-55(4)21-16-38-73(8)39-34-65-58(7)70(56(5)57(6)71(65)91-73)88-50-49-87-48-47-86-46-45-85-44-43-84-42-37-67(77)75-66(72(81)76-40-35-59(36-41-76)51-89-69(80)33-32-68(78)79)52-90-74(60-22-12-11-13-23-60,61-24-28-63(82-9)29-25-61)62-26-30-64(83-10)31-27-62/h11-13,22-31,53-55,59,66H,14-21,32-52H2,1-10H3,(H,75,77)(H,78,79)/t54-,55-,66+,73-/m1/s1. The molecule has 4 aromatic rings. The fraction of sp³-hybridized carbons (Fsp3) is 0.622. The van der Waals surface area contributed by atoms with Crippen LogP contribution in [-0.4, -0.2) is 145 Å². The summed E-state index contributed by atoms with van der Waals surface area (Å²) < 4.78 is 60.0. The van der Waals surface area contributed by atoms with Gasteiger partial charge in [0.15, 0.2) is 0 Å². The number of carboxylic acids is 1. The van der Waals surface area contributed by atoms with Crippen molar-refractivity contribution in [3.63, 3.8) is 0 Å². The van der Waals surface area contributed by atoms with Crippen LogP contribution in [0.4, 0.5) is 0 Å². The summed E-state index contributed by atoms with van der Waals surface area (Å²) in [6.45, 7) is 22.0. The molecule has 2 amide bonds. The monoisotopic (exact) mass is 1260 g/mol. The Bertz CT molecular complexity index is 2750. The highest BCUT2D eigenvalue weighted by molar-refractivity contribution is 5.88. The first-order valence-electron chi connectivity index (χ1n) is 33.6. The highest BCUT2D eigenvalue weighted by Crippen LogP contribution is 2.46. The summed E-state index contributed by atoms with van der Waals surface area (Å²) >= 11 is 0. The van der Waals surface area contributed by atoms with Gasteiger partial charge in [-0.2, -0.15) is 0 Å². The van der Waals surface area contributed by atoms with Crippen molar-refractivity contribution in [1.29, 1.82) is 0 Å². The Balaban J connectivity index is 0.905. The molecule has 6 rings (SSSR count). The number of piperidine rings is 1. The summed E-state index contributed by atoms with van der Waals surface area (Å²) in [5.41, 5.74) is 5.61. The van der Waals surface area contributed by atoms with E-state index in [1.165, 1.54) is 56.9 Å². The van der Waals surface area contributed by atoms with Gasteiger partial charge >= 0.3 is 11.9 Å². The van der Waals surface area contributed by atoms with Crippen LogP contribution >= 0.6 is 0 Å². The van der Waals surface area contributed by atoms with Crippen molar-refractivity contribution in [3.05, 3.63) is 118 Å². The number of methoxy groups -OCH3 is 2. The Labute approximate surface area is 543 Å². The third-order valence-corrected chi connectivity index (χ3v) is 18.1. The largest absolute Gasteiger partial charge is 0.497 e. The number of esters is 1. The van der Waals surface area contributed by atoms with Gasteiger partial charge in [0, 0.05) is 25.1 Å². The molecule has 0 unspecified atom stereocenters. The zero-order chi connectivity index (χ0) is 65.6. The predicted molar refractivity (Wildman–Crippen MR) is 353 cm³/mol. The number of nitrogens with one attached hydrogen (secondary N) is 1. The first kappa shape index (κ1) is 73.8. The molecule has 0 aromatic heterocycles. The van der Waals surface area contributed by atoms with Gasteiger partial charge in [0.05, 0.1) is 93.1 Å². The van der Waals surface area contributed by atoms with E-state index in [-0.39, 0.29) is 63.1 Å². The molecule has 2 aliphatic heterocycles. The van der Waals surface area contributed by atoms with E-state index in [4.69, 9.17) is 52.5 Å². The van der Waals surface area contributed by atoms with Gasteiger partial charge in [-0.25, -0.2) is 0 Å². The van der Waals surface area contributed by atoms with Crippen molar-refractivity contribution < 1.29 is 71.7 Å². The molecule has 2 N–H and O–H groups in total. The summed E-state index contributed by atoms with van der Waals surface area (Å²) in [4.78, 5) is 53.3. The Morgan fingerprint density at radius 3 is 1.73 bits per heavy atom. The van der Waals surface area contributed by atoms with Crippen molar-refractivity contribution in [2.24, 2.45) is 23.7 Å². The fourth-order valence-corrected chi connectivity index (χ4v) is 12.4. The lowest BCUT2D eigenvalue weighted by Gasteiger charge is -2.38. The molecule has 2 heterocycles. The number of aliphatic carboxylic acids is 1. The predicted octanol–water partition coefficient (Wildman–Crippen LogP) is 13.1. The fourth-order valence-electron chi connectivity index (χ4n) is 12.4. The summed E-state index contributed by atoms with van der Waals surface area (Å²) in [7, 11) is 3.20. The molecule has 504 valence electrons. The van der Waals surface area contributed by atoms with Crippen LogP contribution in [0.2, 0.25) is 0 Å². The van der Waals surface area contributed by atoms with Gasteiger partial charge < -0.3 is 62.7 Å². The number of fused-ring (bicyclic) bond motifs is 1. The zero-order valence-corrected chi connectivity index (χ0v) is 56.5. The van der Waals surface area contributed by atoms with E-state index in [1.807, 2.05) is 78.9 Å². The number of amides is 2. The average molecular weight is 1270 g/mol. The van der Waals surface area contributed by atoms with E-state index in [0.717, 1.165) is 81.9 Å². The Kier molecular flexibility index (Phi) is 31.4. The van der Waals surface area contributed by atoms with Crippen molar-refractivity contribution in [2.75, 3.05) is 100.0 Å². The summed E-state index contributed by atoms with van der Waals surface area (Å²) in [5.74, 6) is 3.30. The van der Waals surface area contributed by atoms with Crippen LogP contribution in [0.5, 0.6) is 23.0 Å². The molecular formula is C74H108N2O15. The molecule has 91 heavy (non-hydrogen) atoms. The van der Waals surface area contributed by atoms with Crippen LogP contribution in [0.3, 0.4) is 0 Å². The molecule has 17 nitrogen and oxygen atoms in total. The molecular weight excluding hydrogens is 1160 g/mol. The number of carbonyl (C=O) groups excluding carboxylic acids is 3. The molecule has 17 heteroatoms. The number of nitrogens with zero attached hydrogens (tertiary/aromatic N) is 1. The average Bonchev–Trinajstić information content (AvgIpc) is 0.808. The van der Waals surface area contributed by atoms with Gasteiger partial charge in [0.25, 0.3) is 0 Å². The molecule has 0 spiro atoms. The van der Waals surface area contributed by atoms with E-state index in [2.05, 4.69) is 60.7 Å². The number of rotatable bonds is 43. The zero-order valence-electron chi connectivity index (χ0n) is 56.5. The second-order valence-corrected chi connectivity index (χ2v) is 25.8. The molecule has 2 aliphatic rings. The first-order valence-corrected chi connectivity index (χ1v) is 33.6. The quantitative estimate of drug-likeness (QED) is 0.0241. The maximum Gasteiger partial charge on any atom is 0.306 e. The van der Waals surface area contributed by atoms with Gasteiger partial charge in [-0.15, -0.1) is 0 Å². The van der Waals surface area contributed by atoms with Crippen molar-refractivity contribution in [2.45, 2.75) is 175 Å². The number of hydrogen-bond acceptors (Lipinski definition) is 14. The van der Waals surface area contributed by atoms with E-state index < -0.39 is 29.5 Å². The van der Waals surface area contributed by atoms with Crippen LogP contribution < -0.4 is 24.3 Å². The minimum atomic E-state index is -1.26. The van der Waals surface area contributed by atoms with E-state index in [9.17, 15) is 19.2 Å². The minimum absolute atomic E-state index is 0.0187. The lowest BCUT2D eigenvalue weighted by atomic mass is 9.80. The lowest BCUT2D eigenvalue weighted by Crippen LogP contribution is -2.54. The van der Waals surface area contributed by atoms with Crippen molar-refractivity contribution in [3.8, 4) is 23.0 Å². The maximum absolute atomic E-state index is 14.6. The second kappa shape index (κ2) is 38.7. The SMILES string of the molecule is COc1ccc(C(OC[C@H](NC(=O)CCOCCOCCOCCOCCOc2c(C)c(C)c3c(c2C)CC[C@@](C)(CCC[C@H](C)CCC[C@H](C)CCCC(C)C)O3)C(=O)N2CCC(COC(=O)CCC(=O)O)CC2)(c2ccccc2)c2ccc(OC)cc2)cc1. The number of carboxylic acid groups (broad SMARTS) is 1. The van der Waals surface area contributed by atoms with Crippen LogP contribution in [-0.2, 0) is 59.6 Å². The Morgan fingerprint density at radius 2 is 1.18 bits per heavy atom.